The van der Waals surface area contributed by atoms with E-state index in [1.165, 1.54) is 5.56 Å². The van der Waals surface area contributed by atoms with E-state index in [4.69, 9.17) is 4.74 Å². The Bertz CT molecular complexity index is 976. The van der Waals surface area contributed by atoms with Gasteiger partial charge in [-0.25, -0.2) is 9.78 Å². The third kappa shape index (κ3) is 4.26. The minimum Gasteiger partial charge on any atom is -0.494 e. The number of carbonyl (C=O) groups is 1. The van der Waals surface area contributed by atoms with Crippen molar-refractivity contribution >= 4 is 11.7 Å². The van der Waals surface area contributed by atoms with E-state index in [0.29, 0.717) is 11.7 Å². The number of aromatic nitrogens is 2. The molecule has 29 heavy (non-hydrogen) atoms. The van der Waals surface area contributed by atoms with E-state index in [0.717, 1.165) is 43.0 Å². The number of anilines is 1. The predicted octanol–water partition coefficient (Wildman–Crippen LogP) is 4.60. The first-order valence-corrected chi connectivity index (χ1v) is 9.94. The Balaban J connectivity index is 1.40. The van der Waals surface area contributed by atoms with E-state index < -0.39 is 0 Å². The zero-order chi connectivity index (χ0) is 20.2. The number of nitrogens with one attached hydrogen (secondary N) is 1. The number of benzene rings is 2. The largest absolute Gasteiger partial charge is 0.494 e. The second-order valence-electron chi connectivity index (χ2n) is 7.41. The summed E-state index contributed by atoms with van der Waals surface area (Å²) in [5.74, 6) is 1.21. The summed E-state index contributed by atoms with van der Waals surface area (Å²) in [4.78, 5) is 18.9. The molecule has 0 unspecified atom stereocenters. The second kappa shape index (κ2) is 8.39. The van der Waals surface area contributed by atoms with Crippen LogP contribution >= 0.6 is 0 Å². The number of aryl methyl sites for hydroxylation is 1. The maximum absolute atomic E-state index is 12.7. The molecule has 6 nitrogen and oxygen atoms in total. The summed E-state index contributed by atoms with van der Waals surface area (Å²) in [5.41, 5.74) is 3.90. The fraction of sp³-hybridized carbons (Fsp3) is 0.304. The molecule has 1 saturated heterocycles. The number of carbonyl (C=O) groups excluding carboxylic acids is 1. The van der Waals surface area contributed by atoms with Gasteiger partial charge in [-0.1, -0.05) is 30.3 Å². The number of hydrogen-bond donors (Lipinski definition) is 1. The maximum Gasteiger partial charge on any atom is 0.321 e. The predicted molar refractivity (Wildman–Crippen MR) is 114 cm³/mol. The van der Waals surface area contributed by atoms with Crippen LogP contribution in [0.5, 0.6) is 5.75 Å². The molecular formula is C23H26N4O2. The van der Waals surface area contributed by atoms with Gasteiger partial charge in [0.05, 0.1) is 24.8 Å². The van der Waals surface area contributed by atoms with Crippen molar-refractivity contribution in [3.63, 3.8) is 0 Å². The van der Waals surface area contributed by atoms with Gasteiger partial charge in [-0.2, -0.15) is 0 Å². The Morgan fingerprint density at radius 3 is 2.55 bits per heavy atom. The van der Waals surface area contributed by atoms with E-state index >= 15 is 0 Å². The van der Waals surface area contributed by atoms with Gasteiger partial charge in [0, 0.05) is 31.0 Å². The van der Waals surface area contributed by atoms with E-state index in [2.05, 4.69) is 34.6 Å². The molecule has 1 aliphatic rings. The number of methoxy groups -OCH3 is 1. The molecule has 0 spiro atoms. The van der Waals surface area contributed by atoms with Crippen molar-refractivity contribution in [3.05, 3.63) is 72.3 Å². The Hall–Kier alpha value is -3.28. The van der Waals surface area contributed by atoms with Gasteiger partial charge >= 0.3 is 6.03 Å². The highest BCUT2D eigenvalue weighted by atomic mass is 16.5. The number of nitrogens with zero attached hydrogens (tertiary/aromatic N) is 3. The summed E-state index contributed by atoms with van der Waals surface area (Å²) in [6.07, 6.45) is 5.66. The van der Waals surface area contributed by atoms with E-state index in [1.807, 2.05) is 46.9 Å². The molecule has 1 N–H and O–H groups in total. The zero-order valence-corrected chi connectivity index (χ0v) is 16.8. The standard InChI is InChI=1S/C23H26N4O2/c1-17-15-27(16-24-17)21-9-8-20(14-22(21)29-2)25-23(28)26-12-10-19(11-13-26)18-6-4-3-5-7-18/h3-9,14-16,19H,10-13H2,1-2H3,(H,25,28). The Morgan fingerprint density at radius 2 is 1.90 bits per heavy atom. The highest BCUT2D eigenvalue weighted by Gasteiger charge is 2.24. The molecule has 0 atom stereocenters. The second-order valence-corrected chi connectivity index (χ2v) is 7.41. The van der Waals surface area contributed by atoms with Gasteiger partial charge in [0.1, 0.15) is 5.75 Å². The van der Waals surface area contributed by atoms with Gasteiger partial charge in [0.15, 0.2) is 0 Å². The van der Waals surface area contributed by atoms with E-state index in [-0.39, 0.29) is 6.03 Å². The molecule has 1 fully saturated rings. The van der Waals surface area contributed by atoms with Gasteiger partial charge in [0.25, 0.3) is 0 Å². The number of ether oxygens (including phenoxy) is 1. The van der Waals surface area contributed by atoms with Gasteiger partial charge in [-0.3, -0.25) is 0 Å². The van der Waals surface area contributed by atoms with Gasteiger partial charge in [-0.05, 0) is 43.4 Å². The highest BCUT2D eigenvalue weighted by Crippen LogP contribution is 2.29. The number of imidazole rings is 1. The van der Waals surface area contributed by atoms with Gasteiger partial charge in [0.2, 0.25) is 0 Å². The summed E-state index contributed by atoms with van der Waals surface area (Å²) < 4.78 is 7.44. The van der Waals surface area contributed by atoms with Crippen molar-refractivity contribution in [1.82, 2.24) is 14.5 Å². The molecule has 0 saturated carbocycles. The zero-order valence-electron chi connectivity index (χ0n) is 16.8. The molecule has 2 amide bonds. The van der Waals surface area contributed by atoms with Crippen LogP contribution in [0, 0.1) is 6.92 Å². The molecule has 0 radical (unpaired) electrons. The summed E-state index contributed by atoms with van der Waals surface area (Å²) >= 11 is 0. The Labute approximate surface area is 171 Å². The first-order valence-electron chi connectivity index (χ1n) is 9.94. The van der Waals surface area contributed by atoms with Crippen molar-refractivity contribution in [2.24, 2.45) is 0 Å². The average molecular weight is 390 g/mol. The quantitative estimate of drug-likeness (QED) is 0.708. The lowest BCUT2D eigenvalue weighted by atomic mass is 9.90. The number of rotatable bonds is 4. The molecule has 1 aliphatic heterocycles. The number of amides is 2. The Morgan fingerprint density at radius 1 is 1.14 bits per heavy atom. The summed E-state index contributed by atoms with van der Waals surface area (Å²) in [6, 6.07) is 16.2. The van der Waals surface area contributed by atoms with Crippen molar-refractivity contribution in [3.8, 4) is 11.4 Å². The van der Waals surface area contributed by atoms with Crippen molar-refractivity contribution < 1.29 is 9.53 Å². The van der Waals surface area contributed by atoms with Crippen LogP contribution in [0.3, 0.4) is 0 Å². The molecule has 1 aromatic heterocycles. The van der Waals surface area contributed by atoms with Crippen LogP contribution in [0.4, 0.5) is 10.5 Å². The van der Waals surface area contributed by atoms with E-state index in [1.54, 1.807) is 13.4 Å². The number of urea groups is 1. The van der Waals surface area contributed by atoms with Crippen LogP contribution in [-0.2, 0) is 0 Å². The first-order chi connectivity index (χ1) is 14.1. The smallest absolute Gasteiger partial charge is 0.321 e. The molecule has 2 heterocycles. The van der Waals surface area contributed by atoms with Crippen LogP contribution in [0.2, 0.25) is 0 Å². The number of likely N-dealkylation sites (tertiary alicyclic amines) is 1. The van der Waals surface area contributed by atoms with Gasteiger partial charge in [-0.15, -0.1) is 0 Å². The number of piperidine rings is 1. The molecule has 150 valence electrons. The molecule has 0 bridgehead atoms. The average Bonchev–Trinajstić information content (AvgIpc) is 3.20. The molecule has 0 aliphatic carbocycles. The molecule has 4 rings (SSSR count). The fourth-order valence-corrected chi connectivity index (χ4v) is 3.87. The lowest BCUT2D eigenvalue weighted by Gasteiger charge is -2.32. The lowest BCUT2D eigenvalue weighted by Crippen LogP contribution is -2.40. The van der Waals surface area contributed by atoms with Crippen molar-refractivity contribution in [1.29, 1.82) is 0 Å². The summed E-state index contributed by atoms with van der Waals surface area (Å²) in [6.45, 7) is 3.46. The normalized spacial score (nSPS) is 14.6. The van der Waals surface area contributed by atoms with Crippen LogP contribution < -0.4 is 10.1 Å². The fourth-order valence-electron chi connectivity index (χ4n) is 3.87. The number of hydrogen-bond acceptors (Lipinski definition) is 3. The van der Waals surface area contributed by atoms with Crippen LogP contribution in [0.15, 0.2) is 61.1 Å². The minimum atomic E-state index is -0.0650. The maximum atomic E-state index is 12.7. The third-order valence-electron chi connectivity index (χ3n) is 5.47. The topological polar surface area (TPSA) is 59.4 Å². The van der Waals surface area contributed by atoms with Crippen molar-refractivity contribution in [2.75, 3.05) is 25.5 Å². The Kier molecular flexibility index (Phi) is 5.51. The third-order valence-corrected chi connectivity index (χ3v) is 5.47. The summed E-state index contributed by atoms with van der Waals surface area (Å²) in [5, 5.41) is 3.01. The van der Waals surface area contributed by atoms with E-state index in [9.17, 15) is 4.79 Å². The van der Waals surface area contributed by atoms with Gasteiger partial charge < -0.3 is 19.5 Å². The minimum absolute atomic E-state index is 0.0650. The van der Waals surface area contributed by atoms with Crippen LogP contribution in [-0.4, -0.2) is 40.7 Å². The highest BCUT2D eigenvalue weighted by molar-refractivity contribution is 5.90. The van der Waals surface area contributed by atoms with Crippen molar-refractivity contribution in [2.45, 2.75) is 25.7 Å². The SMILES string of the molecule is COc1cc(NC(=O)N2CCC(c3ccccc3)CC2)ccc1-n1cnc(C)c1. The van der Waals surface area contributed by atoms with Crippen LogP contribution in [0.1, 0.15) is 30.0 Å². The molecule has 3 aromatic rings. The monoisotopic (exact) mass is 390 g/mol. The molecule has 6 heteroatoms. The lowest BCUT2D eigenvalue weighted by molar-refractivity contribution is 0.194. The molecular weight excluding hydrogens is 364 g/mol. The summed E-state index contributed by atoms with van der Waals surface area (Å²) in [7, 11) is 1.63. The molecule has 2 aromatic carbocycles. The first kappa shape index (κ1) is 19.1. The van der Waals surface area contributed by atoms with Crippen LogP contribution in [0.25, 0.3) is 5.69 Å².